The maximum atomic E-state index is 14.7. The number of amides is 2. The van der Waals surface area contributed by atoms with Gasteiger partial charge in [-0.15, -0.1) is 0 Å². The van der Waals surface area contributed by atoms with Gasteiger partial charge in [0.2, 0.25) is 11.8 Å². The number of benzene rings is 1. The number of carbonyl (C=O) groups is 2. The van der Waals surface area contributed by atoms with Crippen LogP contribution in [0.15, 0.2) is 18.2 Å². The highest BCUT2D eigenvalue weighted by Gasteiger charge is 2.28. The van der Waals surface area contributed by atoms with Crippen LogP contribution < -0.4 is 15.6 Å². The number of hydrogen-bond acceptors (Lipinski definition) is 6. The number of piperazine rings is 1. The Kier molecular flexibility index (Phi) is 5.77. The van der Waals surface area contributed by atoms with Crippen molar-refractivity contribution in [3.05, 3.63) is 24.0 Å². The quantitative estimate of drug-likeness (QED) is 0.762. The molecule has 3 saturated heterocycles. The van der Waals surface area contributed by atoms with E-state index in [0.29, 0.717) is 36.7 Å². The summed E-state index contributed by atoms with van der Waals surface area (Å²) in [5, 5.41) is 4.41. The predicted molar refractivity (Wildman–Crippen MR) is 105 cm³/mol. The fraction of sp³-hybridized carbons (Fsp3) is 0.600. The molecule has 3 aliphatic rings. The number of rotatable bonds is 4. The van der Waals surface area contributed by atoms with Gasteiger partial charge in [0, 0.05) is 51.1 Å². The second kappa shape index (κ2) is 8.45. The number of piperidine rings is 2. The van der Waals surface area contributed by atoms with E-state index in [9.17, 15) is 14.0 Å². The topological polar surface area (TPSA) is 67.9 Å². The molecule has 7 nitrogen and oxygen atoms in total. The Balaban J connectivity index is 1.37. The van der Waals surface area contributed by atoms with E-state index in [4.69, 9.17) is 0 Å². The molecule has 0 radical (unpaired) electrons. The molecule has 2 N–H and O–H groups in total. The molecule has 0 unspecified atom stereocenters. The standard InChI is InChI=1S/C20H28FN5O2/c21-17-14-15(23-26-19(27)2-1-3-20(26)28)4-5-18(17)25-12-10-24(11-13-25)16-6-8-22-9-7-16/h4-5,14,16,22-23H,1-3,6-13H2. The van der Waals surface area contributed by atoms with Gasteiger partial charge in [-0.2, -0.15) is 5.01 Å². The summed E-state index contributed by atoms with van der Waals surface area (Å²) in [5.74, 6) is -0.873. The van der Waals surface area contributed by atoms with Gasteiger partial charge in [-0.05, 0) is 44.5 Å². The molecule has 3 fully saturated rings. The Morgan fingerprint density at radius 1 is 1.00 bits per heavy atom. The van der Waals surface area contributed by atoms with Gasteiger partial charge in [0.25, 0.3) is 0 Å². The number of halogens is 1. The van der Waals surface area contributed by atoms with E-state index in [1.165, 1.54) is 18.9 Å². The zero-order chi connectivity index (χ0) is 19.5. The van der Waals surface area contributed by atoms with Gasteiger partial charge in [0.15, 0.2) is 0 Å². The first-order valence-electron chi connectivity index (χ1n) is 10.2. The lowest BCUT2D eigenvalue weighted by molar-refractivity contribution is -0.146. The molecule has 0 aromatic heterocycles. The molecule has 0 spiro atoms. The largest absolute Gasteiger partial charge is 0.367 e. The molecule has 4 rings (SSSR count). The predicted octanol–water partition coefficient (Wildman–Crippen LogP) is 1.57. The number of anilines is 2. The average molecular weight is 389 g/mol. The lowest BCUT2D eigenvalue weighted by atomic mass is 10.0. The van der Waals surface area contributed by atoms with E-state index < -0.39 is 0 Å². The molecule has 2 amide bonds. The highest BCUT2D eigenvalue weighted by atomic mass is 19.1. The van der Waals surface area contributed by atoms with Crippen molar-refractivity contribution in [3.63, 3.8) is 0 Å². The number of hydrazine groups is 1. The molecule has 3 aliphatic heterocycles. The normalized spacial score (nSPS) is 22.6. The van der Waals surface area contributed by atoms with E-state index in [-0.39, 0.29) is 17.6 Å². The van der Waals surface area contributed by atoms with Crippen LogP contribution in [-0.2, 0) is 9.59 Å². The minimum Gasteiger partial charge on any atom is -0.367 e. The third-order valence-electron chi connectivity index (χ3n) is 5.95. The third-order valence-corrected chi connectivity index (χ3v) is 5.95. The molecule has 0 aliphatic carbocycles. The van der Waals surface area contributed by atoms with Crippen molar-refractivity contribution < 1.29 is 14.0 Å². The maximum absolute atomic E-state index is 14.7. The van der Waals surface area contributed by atoms with Crippen LogP contribution in [0.2, 0.25) is 0 Å². The van der Waals surface area contributed by atoms with Crippen molar-refractivity contribution in [1.29, 1.82) is 0 Å². The van der Waals surface area contributed by atoms with Crippen LogP contribution in [0.25, 0.3) is 0 Å². The molecular formula is C20H28FN5O2. The fourth-order valence-corrected chi connectivity index (χ4v) is 4.34. The van der Waals surface area contributed by atoms with Crippen LogP contribution in [0, 0.1) is 5.82 Å². The van der Waals surface area contributed by atoms with E-state index in [1.54, 1.807) is 12.1 Å². The van der Waals surface area contributed by atoms with Gasteiger partial charge < -0.3 is 10.2 Å². The van der Waals surface area contributed by atoms with Crippen LogP contribution in [-0.4, -0.2) is 67.0 Å². The number of nitrogens with zero attached hydrogens (tertiary/aromatic N) is 3. The summed E-state index contributed by atoms with van der Waals surface area (Å²) in [6, 6.07) is 5.46. The average Bonchev–Trinajstić information content (AvgIpc) is 2.72. The Labute approximate surface area is 164 Å². The second-order valence-corrected chi connectivity index (χ2v) is 7.76. The Morgan fingerprint density at radius 2 is 1.68 bits per heavy atom. The zero-order valence-electron chi connectivity index (χ0n) is 16.1. The van der Waals surface area contributed by atoms with Crippen LogP contribution in [0.1, 0.15) is 32.1 Å². The minimum absolute atomic E-state index is 0.269. The first kappa shape index (κ1) is 19.1. The molecule has 1 aromatic carbocycles. The Hall–Kier alpha value is -2.19. The monoisotopic (exact) mass is 389 g/mol. The first-order chi connectivity index (χ1) is 13.6. The van der Waals surface area contributed by atoms with Crippen LogP contribution in [0.4, 0.5) is 15.8 Å². The van der Waals surface area contributed by atoms with Crippen molar-refractivity contribution in [3.8, 4) is 0 Å². The van der Waals surface area contributed by atoms with E-state index in [2.05, 4.69) is 20.5 Å². The molecule has 0 saturated carbocycles. The molecular weight excluding hydrogens is 361 g/mol. The molecule has 152 valence electrons. The number of carbonyl (C=O) groups excluding carboxylic acids is 2. The van der Waals surface area contributed by atoms with Gasteiger partial charge in [0.05, 0.1) is 11.4 Å². The van der Waals surface area contributed by atoms with Gasteiger partial charge in [-0.25, -0.2) is 4.39 Å². The molecule has 0 bridgehead atoms. The van der Waals surface area contributed by atoms with E-state index >= 15 is 0 Å². The summed E-state index contributed by atoms with van der Waals surface area (Å²) >= 11 is 0. The van der Waals surface area contributed by atoms with Gasteiger partial charge in [-0.3, -0.25) is 19.9 Å². The minimum atomic E-state index is -0.336. The van der Waals surface area contributed by atoms with E-state index in [1.807, 2.05) is 0 Å². The van der Waals surface area contributed by atoms with Gasteiger partial charge >= 0.3 is 0 Å². The maximum Gasteiger partial charge on any atom is 0.248 e. The fourth-order valence-electron chi connectivity index (χ4n) is 4.34. The summed E-state index contributed by atoms with van der Waals surface area (Å²) in [6.45, 7) is 5.65. The Morgan fingerprint density at radius 3 is 2.32 bits per heavy atom. The summed E-state index contributed by atoms with van der Waals surface area (Å²) < 4.78 is 14.7. The molecule has 0 atom stereocenters. The number of hydrogen-bond donors (Lipinski definition) is 2. The molecule has 3 heterocycles. The van der Waals surface area contributed by atoms with Crippen molar-refractivity contribution in [2.75, 3.05) is 49.6 Å². The summed E-state index contributed by atoms with van der Waals surface area (Å²) in [6.07, 6.45) is 3.61. The Bertz CT molecular complexity index is 713. The molecule has 8 heteroatoms. The highest BCUT2D eigenvalue weighted by Crippen LogP contribution is 2.26. The molecule has 28 heavy (non-hydrogen) atoms. The van der Waals surface area contributed by atoms with Crippen molar-refractivity contribution in [2.45, 2.75) is 38.1 Å². The smallest absolute Gasteiger partial charge is 0.248 e. The van der Waals surface area contributed by atoms with E-state index in [0.717, 1.165) is 44.3 Å². The van der Waals surface area contributed by atoms with Crippen molar-refractivity contribution in [2.24, 2.45) is 0 Å². The second-order valence-electron chi connectivity index (χ2n) is 7.76. The highest BCUT2D eigenvalue weighted by molar-refractivity contribution is 5.98. The summed E-state index contributed by atoms with van der Waals surface area (Å²) in [7, 11) is 0. The lowest BCUT2D eigenvalue weighted by Crippen LogP contribution is -2.53. The lowest BCUT2D eigenvalue weighted by Gasteiger charge is -2.41. The van der Waals surface area contributed by atoms with Crippen molar-refractivity contribution in [1.82, 2.24) is 15.2 Å². The van der Waals surface area contributed by atoms with Crippen LogP contribution in [0.3, 0.4) is 0 Å². The van der Waals surface area contributed by atoms with Crippen LogP contribution in [0.5, 0.6) is 0 Å². The van der Waals surface area contributed by atoms with Crippen molar-refractivity contribution >= 4 is 23.2 Å². The zero-order valence-corrected chi connectivity index (χ0v) is 16.1. The van der Waals surface area contributed by atoms with Gasteiger partial charge in [-0.1, -0.05) is 0 Å². The first-order valence-corrected chi connectivity index (χ1v) is 10.2. The number of imide groups is 1. The number of nitrogens with one attached hydrogen (secondary N) is 2. The summed E-state index contributed by atoms with van der Waals surface area (Å²) in [4.78, 5) is 28.4. The third kappa shape index (κ3) is 4.12. The summed E-state index contributed by atoms with van der Waals surface area (Å²) in [5.41, 5.74) is 3.75. The van der Waals surface area contributed by atoms with Gasteiger partial charge in [0.1, 0.15) is 5.82 Å². The van der Waals surface area contributed by atoms with Crippen LogP contribution >= 0.6 is 0 Å². The SMILES string of the molecule is O=C1CCCC(=O)N1Nc1ccc(N2CCN(C3CCNCC3)CC2)c(F)c1. The molecule has 1 aromatic rings.